The van der Waals surface area contributed by atoms with Gasteiger partial charge in [0.1, 0.15) is 11.5 Å². The number of sulfonamides is 1. The molecule has 4 nitrogen and oxygen atoms in total. The minimum Gasteiger partial charge on any atom is -0.250 e. The van der Waals surface area contributed by atoms with Crippen LogP contribution in [0.25, 0.3) is 11.3 Å². The second-order valence-corrected chi connectivity index (χ2v) is 7.73. The van der Waals surface area contributed by atoms with Crippen molar-refractivity contribution in [2.24, 2.45) is 0 Å². The van der Waals surface area contributed by atoms with Crippen LogP contribution in [0.2, 0.25) is 0 Å². The fourth-order valence-corrected chi connectivity index (χ4v) is 3.47. The number of hydrogen-bond acceptors (Lipinski definition) is 3. The van der Waals surface area contributed by atoms with Gasteiger partial charge in [0.05, 0.1) is 11.8 Å². The molecular weight excluding hydrogens is 322 g/mol. The number of nitrogens with zero attached hydrogens (tertiary/aromatic N) is 1. The van der Waals surface area contributed by atoms with Gasteiger partial charge in [0.25, 0.3) is 0 Å². The van der Waals surface area contributed by atoms with Crippen molar-refractivity contribution in [2.75, 3.05) is 6.26 Å². The van der Waals surface area contributed by atoms with Gasteiger partial charge in [0, 0.05) is 16.8 Å². The number of pyridine rings is 1. The average Bonchev–Trinajstić information content (AvgIpc) is 2.39. The maximum atomic E-state index is 14.9. The van der Waals surface area contributed by atoms with Crippen molar-refractivity contribution in [1.82, 2.24) is 9.71 Å². The Morgan fingerprint density at radius 3 is 2.22 bits per heavy atom. The Bertz CT molecular complexity index is 832. The molecule has 2 rings (SSSR count). The Kier molecular flexibility index (Phi) is 4.54. The first-order valence-corrected chi connectivity index (χ1v) is 8.81. The molecule has 0 atom stereocenters. The highest BCUT2D eigenvalue weighted by molar-refractivity contribution is 7.88. The van der Waals surface area contributed by atoms with Gasteiger partial charge in [-0.05, 0) is 51.1 Å². The van der Waals surface area contributed by atoms with Crippen LogP contribution in [0, 0.1) is 18.6 Å². The van der Waals surface area contributed by atoms with E-state index in [4.69, 9.17) is 0 Å². The number of rotatable bonds is 4. The zero-order chi connectivity index (χ0) is 17.4. The summed E-state index contributed by atoms with van der Waals surface area (Å²) >= 11 is 0. The van der Waals surface area contributed by atoms with Gasteiger partial charge in [0.15, 0.2) is 5.82 Å². The Morgan fingerprint density at radius 1 is 1.13 bits per heavy atom. The lowest BCUT2D eigenvalue weighted by molar-refractivity contribution is 0.447. The molecule has 1 N–H and O–H groups in total. The van der Waals surface area contributed by atoms with Crippen molar-refractivity contribution >= 4 is 10.0 Å². The summed E-state index contributed by atoms with van der Waals surface area (Å²) in [6.07, 6.45) is 1.02. The van der Waals surface area contributed by atoms with E-state index in [0.29, 0.717) is 11.3 Å². The fourth-order valence-electron chi connectivity index (χ4n) is 2.43. The van der Waals surface area contributed by atoms with E-state index in [9.17, 15) is 17.2 Å². The summed E-state index contributed by atoms with van der Waals surface area (Å²) in [5.74, 6) is -1.07. The Hall–Kier alpha value is -1.86. The third-order valence-corrected chi connectivity index (χ3v) is 4.20. The Morgan fingerprint density at radius 2 is 1.70 bits per heavy atom. The van der Waals surface area contributed by atoms with Crippen LogP contribution in [0.4, 0.5) is 8.78 Å². The number of hydrogen-bond donors (Lipinski definition) is 1. The first-order chi connectivity index (χ1) is 10.5. The number of nitrogens with one attached hydrogen (secondary N) is 1. The van der Waals surface area contributed by atoms with E-state index in [1.807, 2.05) is 0 Å². The van der Waals surface area contributed by atoms with E-state index in [1.54, 1.807) is 20.8 Å². The van der Waals surface area contributed by atoms with E-state index in [1.165, 1.54) is 30.3 Å². The highest BCUT2D eigenvalue weighted by atomic mass is 32.2. The van der Waals surface area contributed by atoms with Gasteiger partial charge >= 0.3 is 0 Å². The molecule has 0 aliphatic heterocycles. The quantitative estimate of drug-likeness (QED) is 0.930. The third-order valence-electron chi connectivity index (χ3n) is 3.32. The molecule has 1 aromatic heterocycles. The SMILES string of the molecule is Cc1cc(C(C)(C)NS(C)(=O)=O)c(F)c(-c2ccc(F)cc2)n1. The van der Waals surface area contributed by atoms with E-state index in [0.717, 1.165) is 6.26 Å². The van der Waals surface area contributed by atoms with Crippen LogP contribution in [-0.2, 0) is 15.6 Å². The molecule has 124 valence electrons. The number of aryl methyl sites for hydroxylation is 1. The van der Waals surface area contributed by atoms with Crippen LogP contribution in [-0.4, -0.2) is 19.7 Å². The number of aromatic nitrogens is 1. The molecule has 0 saturated carbocycles. The molecule has 0 saturated heterocycles. The van der Waals surface area contributed by atoms with Crippen LogP contribution >= 0.6 is 0 Å². The van der Waals surface area contributed by atoms with Crippen LogP contribution in [0.1, 0.15) is 25.1 Å². The van der Waals surface area contributed by atoms with Gasteiger partial charge in [-0.3, -0.25) is 4.98 Å². The maximum absolute atomic E-state index is 14.9. The molecule has 0 bridgehead atoms. The lowest BCUT2D eigenvalue weighted by Crippen LogP contribution is -2.41. The van der Waals surface area contributed by atoms with E-state index in [2.05, 4.69) is 9.71 Å². The molecule has 0 spiro atoms. The molecule has 0 aliphatic rings. The molecule has 0 fully saturated rings. The number of benzene rings is 1. The maximum Gasteiger partial charge on any atom is 0.209 e. The average molecular weight is 340 g/mol. The zero-order valence-corrected chi connectivity index (χ0v) is 14.1. The standard InChI is InChI=1S/C16H18F2N2O2S/c1-10-9-13(16(2,3)20-23(4,21)22)14(18)15(19-10)11-5-7-12(17)8-6-11/h5-9,20H,1-4H3. The molecule has 0 amide bonds. The van der Waals surface area contributed by atoms with E-state index < -0.39 is 27.2 Å². The smallest absolute Gasteiger partial charge is 0.209 e. The van der Waals surface area contributed by atoms with Crippen LogP contribution in [0.3, 0.4) is 0 Å². The zero-order valence-electron chi connectivity index (χ0n) is 13.3. The molecule has 1 aromatic carbocycles. The summed E-state index contributed by atoms with van der Waals surface area (Å²) in [4.78, 5) is 4.17. The van der Waals surface area contributed by atoms with Crippen molar-refractivity contribution in [1.29, 1.82) is 0 Å². The predicted molar refractivity (Wildman–Crippen MR) is 85.3 cm³/mol. The predicted octanol–water partition coefficient (Wildman–Crippen LogP) is 3.12. The molecule has 23 heavy (non-hydrogen) atoms. The third kappa shape index (κ3) is 4.11. The summed E-state index contributed by atoms with van der Waals surface area (Å²) in [5, 5.41) is 0. The van der Waals surface area contributed by atoms with Crippen LogP contribution in [0.15, 0.2) is 30.3 Å². The van der Waals surface area contributed by atoms with Gasteiger partial charge in [-0.25, -0.2) is 21.9 Å². The van der Waals surface area contributed by atoms with Crippen LogP contribution < -0.4 is 4.72 Å². The molecule has 0 unspecified atom stereocenters. The molecule has 0 aliphatic carbocycles. The topological polar surface area (TPSA) is 59.1 Å². The molecular formula is C16H18F2N2O2S. The van der Waals surface area contributed by atoms with Gasteiger partial charge < -0.3 is 0 Å². The summed E-state index contributed by atoms with van der Waals surface area (Å²) in [7, 11) is -3.53. The van der Waals surface area contributed by atoms with Gasteiger partial charge in [0.2, 0.25) is 10.0 Å². The highest BCUT2D eigenvalue weighted by Gasteiger charge is 2.29. The molecule has 7 heteroatoms. The molecule has 0 radical (unpaired) electrons. The van der Waals surface area contributed by atoms with Crippen molar-refractivity contribution in [2.45, 2.75) is 26.3 Å². The van der Waals surface area contributed by atoms with Crippen molar-refractivity contribution < 1.29 is 17.2 Å². The van der Waals surface area contributed by atoms with Crippen molar-refractivity contribution in [3.8, 4) is 11.3 Å². The lowest BCUT2D eigenvalue weighted by Gasteiger charge is -2.27. The minimum absolute atomic E-state index is 0.0587. The van der Waals surface area contributed by atoms with Crippen molar-refractivity contribution in [3.05, 3.63) is 53.2 Å². The van der Waals surface area contributed by atoms with Gasteiger partial charge in [-0.1, -0.05) is 0 Å². The monoisotopic (exact) mass is 340 g/mol. The van der Waals surface area contributed by atoms with Crippen LogP contribution in [0.5, 0.6) is 0 Å². The second-order valence-electron chi connectivity index (χ2n) is 5.98. The van der Waals surface area contributed by atoms with Gasteiger partial charge in [-0.15, -0.1) is 0 Å². The second kappa shape index (κ2) is 5.98. The first kappa shape index (κ1) is 17.5. The van der Waals surface area contributed by atoms with E-state index >= 15 is 0 Å². The largest absolute Gasteiger partial charge is 0.250 e. The summed E-state index contributed by atoms with van der Waals surface area (Å²) < 4.78 is 53.4. The van der Waals surface area contributed by atoms with Gasteiger partial charge in [-0.2, -0.15) is 0 Å². The normalized spacial score (nSPS) is 12.4. The summed E-state index contributed by atoms with van der Waals surface area (Å²) in [6.45, 7) is 4.83. The molecule has 1 heterocycles. The molecule has 2 aromatic rings. The van der Waals surface area contributed by atoms with Crippen molar-refractivity contribution in [3.63, 3.8) is 0 Å². The summed E-state index contributed by atoms with van der Waals surface area (Å²) in [6, 6.07) is 6.80. The first-order valence-electron chi connectivity index (χ1n) is 6.92. The Balaban J connectivity index is 2.61. The Labute approximate surface area is 134 Å². The minimum atomic E-state index is -3.53. The fraction of sp³-hybridized carbons (Fsp3) is 0.312. The summed E-state index contributed by atoms with van der Waals surface area (Å²) in [5.41, 5.74) is 0.0337. The number of halogens is 2. The van der Waals surface area contributed by atoms with E-state index in [-0.39, 0.29) is 11.3 Å². The highest BCUT2D eigenvalue weighted by Crippen LogP contribution is 2.30. The lowest BCUT2D eigenvalue weighted by atomic mass is 9.93.